The quantitative estimate of drug-likeness (QED) is 0.255. The molecule has 0 radical (unpaired) electrons. The van der Waals surface area contributed by atoms with Crippen LogP contribution in [0.1, 0.15) is 52.2 Å². The summed E-state index contributed by atoms with van der Waals surface area (Å²) in [5.41, 5.74) is 9.49. The normalized spacial score (nSPS) is 19.1. The molecule has 1 aliphatic rings. The molecule has 0 spiro atoms. The third kappa shape index (κ3) is 2.71. The van der Waals surface area contributed by atoms with E-state index in [1.54, 1.807) is 0 Å². The van der Waals surface area contributed by atoms with Crippen LogP contribution in [-0.2, 0) is 10.8 Å². The summed E-state index contributed by atoms with van der Waals surface area (Å²) < 4.78 is 2.49. The third-order valence-electron chi connectivity index (χ3n) is 9.05. The van der Waals surface area contributed by atoms with Crippen LogP contribution in [0.4, 0.5) is 0 Å². The number of nitrogens with zero attached hydrogens (tertiary/aromatic N) is 1. The number of hydrogen-bond donors (Lipinski definition) is 1. The number of fused-ring (bicyclic) bond motifs is 8. The van der Waals surface area contributed by atoms with Crippen molar-refractivity contribution in [2.75, 3.05) is 0 Å². The largest absolute Gasteiger partial charge is 0.353 e. The SMILES string of the molecule is CC1CC(C)(C)c2ccc(-n3c4ccccc4c4ccc5c6ccccc6[nH]c5c43)cc2C1(C)C. The molecule has 6 aromatic rings. The van der Waals surface area contributed by atoms with Gasteiger partial charge in [-0.3, -0.25) is 0 Å². The van der Waals surface area contributed by atoms with Crippen molar-refractivity contribution in [1.29, 1.82) is 0 Å². The fraction of sp³-hybridized carbons (Fsp3) is 0.273. The minimum atomic E-state index is 0.135. The topological polar surface area (TPSA) is 20.7 Å². The first-order chi connectivity index (χ1) is 16.8. The Morgan fingerprint density at radius 2 is 1.46 bits per heavy atom. The van der Waals surface area contributed by atoms with Gasteiger partial charge in [0.25, 0.3) is 0 Å². The van der Waals surface area contributed by atoms with Crippen molar-refractivity contribution in [2.45, 2.75) is 51.9 Å². The molecule has 2 nitrogen and oxygen atoms in total. The minimum Gasteiger partial charge on any atom is -0.353 e. The van der Waals surface area contributed by atoms with E-state index in [9.17, 15) is 0 Å². The first-order valence-electron chi connectivity index (χ1n) is 12.9. The number of aromatic nitrogens is 2. The Morgan fingerprint density at radius 3 is 2.29 bits per heavy atom. The van der Waals surface area contributed by atoms with Crippen LogP contribution in [0.2, 0.25) is 0 Å². The molecule has 1 N–H and O–H groups in total. The number of hydrogen-bond acceptors (Lipinski definition) is 0. The molecule has 1 unspecified atom stereocenters. The second-order valence-electron chi connectivity index (χ2n) is 11.8. The average molecular weight is 457 g/mol. The van der Waals surface area contributed by atoms with Crippen molar-refractivity contribution in [1.82, 2.24) is 9.55 Å². The highest BCUT2D eigenvalue weighted by Gasteiger charge is 2.42. The number of para-hydroxylation sites is 2. The summed E-state index contributed by atoms with van der Waals surface area (Å²) in [7, 11) is 0. The Balaban J connectivity index is 1.63. The lowest BCUT2D eigenvalue weighted by Gasteiger charge is -2.46. The van der Waals surface area contributed by atoms with Gasteiger partial charge in [0, 0.05) is 32.7 Å². The fourth-order valence-electron chi connectivity index (χ4n) is 6.83. The highest BCUT2D eigenvalue weighted by Crippen LogP contribution is 2.50. The second-order valence-corrected chi connectivity index (χ2v) is 11.8. The van der Waals surface area contributed by atoms with Gasteiger partial charge in [0.05, 0.1) is 16.6 Å². The van der Waals surface area contributed by atoms with Crippen molar-refractivity contribution >= 4 is 43.6 Å². The van der Waals surface area contributed by atoms with E-state index in [4.69, 9.17) is 0 Å². The maximum Gasteiger partial charge on any atom is 0.0783 e. The van der Waals surface area contributed by atoms with Crippen molar-refractivity contribution < 1.29 is 0 Å². The molecule has 0 amide bonds. The average Bonchev–Trinajstić information content (AvgIpc) is 3.38. The van der Waals surface area contributed by atoms with Gasteiger partial charge in [-0.25, -0.2) is 0 Å². The molecule has 2 aromatic heterocycles. The van der Waals surface area contributed by atoms with Crippen LogP contribution in [0.5, 0.6) is 0 Å². The zero-order valence-corrected chi connectivity index (χ0v) is 21.2. The van der Waals surface area contributed by atoms with Gasteiger partial charge in [-0.2, -0.15) is 0 Å². The third-order valence-corrected chi connectivity index (χ3v) is 9.05. The summed E-state index contributed by atoms with van der Waals surface area (Å²) in [4.78, 5) is 3.77. The zero-order chi connectivity index (χ0) is 24.1. The Morgan fingerprint density at radius 1 is 0.743 bits per heavy atom. The van der Waals surface area contributed by atoms with E-state index >= 15 is 0 Å². The maximum atomic E-state index is 3.77. The summed E-state index contributed by atoms with van der Waals surface area (Å²) in [6.07, 6.45) is 1.22. The van der Waals surface area contributed by atoms with Crippen LogP contribution >= 0.6 is 0 Å². The molecule has 0 saturated heterocycles. The molecule has 4 aromatic carbocycles. The van der Waals surface area contributed by atoms with Crippen LogP contribution in [0.25, 0.3) is 49.3 Å². The number of aromatic amines is 1. The number of H-pyrrole nitrogens is 1. The highest BCUT2D eigenvalue weighted by atomic mass is 15.0. The Bertz CT molecular complexity index is 1790. The van der Waals surface area contributed by atoms with Crippen LogP contribution in [0.15, 0.2) is 78.9 Å². The first-order valence-corrected chi connectivity index (χ1v) is 12.9. The molecule has 0 bridgehead atoms. The van der Waals surface area contributed by atoms with E-state index in [0.717, 1.165) is 0 Å². The minimum absolute atomic E-state index is 0.135. The van der Waals surface area contributed by atoms with Gasteiger partial charge in [-0.05, 0) is 58.6 Å². The lowest BCUT2D eigenvalue weighted by atomic mass is 9.58. The van der Waals surface area contributed by atoms with Crippen molar-refractivity contribution in [2.24, 2.45) is 5.92 Å². The summed E-state index contributed by atoms with van der Waals surface area (Å²) in [6, 6.07) is 29.3. The molecule has 1 atom stereocenters. The molecular weight excluding hydrogens is 424 g/mol. The van der Waals surface area contributed by atoms with Gasteiger partial charge in [0.15, 0.2) is 0 Å². The van der Waals surface area contributed by atoms with E-state index in [1.165, 1.54) is 66.8 Å². The molecule has 174 valence electrons. The smallest absolute Gasteiger partial charge is 0.0783 e. The summed E-state index contributed by atoms with van der Waals surface area (Å²) in [5, 5.41) is 5.16. The van der Waals surface area contributed by atoms with Crippen molar-refractivity contribution in [3.8, 4) is 5.69 Å². The van der Waals surface area contributed by atoms with Gasteiger partial charge in [0.2, 0.25) is 0 Å². The Kier molecular flexibility index (Phi) is 4.04. The van der Waals surface area contributed by atoms with Crippen LogP contribution in [0, 0.1) is 5.92 Å². The monoisotopic (exact) mass is 456 g/mol. The molecule has 0 fully saturated rings. The predicted octanol–water partition coefficient (Wildman–Crippen LogP) is 9.01. The lowest BCUT2D eigenvalue weighted by Crippen LogP contribution is -2.40. The second kappa shape index (κ2) is 6.79. The van der Waals surface area contributed by atoms with E-state index in [2.05, 4.69) is 123 Å². The maximum absolute atomic E-state index is 3.77. The van der Waals surface area contributed by atoms with Gasteiger partial charge in [-0.1, -0.05) is 89.2 Å². The van der Waals surface area contributed by atoms with E-state index in [-0.39, 0.29) is 10.8 Å². The van der Waals surface area contributed by atoms with Crippen molar-refractivity contribution in [3.05, 3.63) is 90.0 Å². The molecule has 0 saturated carbocycles. The number of rotatable bonds is 1. The van der Waals surface area contributed by atoms with Gasteiger partial charge in [-0.15, -0.1) is 0 Å². The molecule has 1 aliphatic carbocycles. The predicted molar refractivity (Wildman–Crippen MR) is 150 cm³/mol. The summed E-state index contributed by atoms with van der Waals surface area (Å²) in [6.45, 7) is 12.1. The molecule has 2 heterocycles. The molecule has 35 heavy (non-hydrogen) atoms. The Hall–Kier alpha value is -3.52. The molecule has 7 rings (SSSR count). The standard InChI is InChI=1S/C33H32N2/c1-20-19-32(2,3)26-17-14-21(18-27(26)33(20,4)5)35-29-13-9-7-11-23(29)25-16-15-24-22-10-6-8-12-28(22)34-30(24)31(25)35/h6-18,20,34H,19H2,1-5H3. The van der Waals surface area contributed by atoms with Gasteiger partial charge < -0.3 is 9.55 Å². The first kappa shape index (κ1) is 20.8. The molecule has 0 aliphatic heterocycles. The van der Waals surface area contributed by atoms with Crippen molar-refractivity contribution in [3.63, 3.8) is 0 Å². The number of benzene rings is 4. The van der Waals surface area contributed by atoms with Gasteiger partial charge in [0.1, 0.15) is 0 Å². The van der Waals surface area contributed by atoms with E-state index in [0.29, 0.717) is 5.92 Å². The van der Waals surface area contributed by atoms with Crippen LogP contribution in [-0.4, -0.2) is 9.55 Å². The molecule has 2 heteroatoms. The fourth-order valence-corrected chi connectivity index (χ4v) is 6.83. The summed E-state index contributed by atoms with van der Waals surface area (Å²) >= 11 is 0. The number of nitrogens with one attached hydrogen (secondary N) is 1. The van der Waals surface area contributed by atoms with E-state index < -0.39 is 0 Å². The highest BCUT2D eigenvalue weighted by molar-refractivity contribution is 6.22. The zero-order valence-electron chi connectivity index (χ0n) is 21.2. The molecular formula is C33H32N2. The summed E-state index contributed by atoms with van der Waals surface area (Å²) in [5.74, 6) is 0.624. The lowest BCUT2D eigenvalue weighted by molar-refractivity contribution is 0.233. The van der Waals surface area contributed by atoms with Gasteiger partial charge >= 0.3 is 0 Å². The van der Waals surface area contributed by atoms with Crippen LogP contribution in [0.3, 0.4) is 0 Å². The van der Waals surface area contributed by atoms with E-state index in [1.807, 2.05) is 0 Å². The van der Waals surface area contributed by atoms with Crippen LogP contribution < -0.4 is 0 Å². The Labute approximate surface area is 206 Å².